The van der Waals surface area contributed by atoms with Gasteiger partial charge in [0.1, 0.15) is 5.78 Å². The molecule has 4 rings (SSSR count). The highest BCUT2D eigenvalue weighted by Crippen LogP contribution is 2.37. The Morgan fingerprint density at radius 1 is 0.556 bits per heavy atom. The molecule has 0 aromatic heterocycles. The summed E-state index contributed by atoms with van der Waals surface area (Å²) >= 11 is 0. The van der Waals surface area contributed by atoms with E-state index >= 15 is 0 Å². The summed E-state index contributed by atoms with van der Waals surface area (Å²) in [5, 5.41) is 0. The third-order valence-corrected chi connectivity index (χ3v) is 8.78. The summed E-state index contributed by atoms with van der Waals surface area (Å²) < 4.78 is 24.6. The van der Waals surface area contributed by atoms with Crippen LogP contribution >= 0.6 is 0 Å². The van der Waals surface area contributed by atoms with Crippen LogP contribution in [-0.2, 0) is 23.4 Å². The Kier molecular flexibility index (Phi) is 6.88. The smallest absolute Gasteiger partial charge is 0.399 e. The molecule has 0 aliphatic carbocycles. The topological polar surface area (TPSA) is 54.0 Å². The maximum absolute atomic E-state index is 13.4. The molecule has 2 heterocycles. The quantitative estimate of drug-likeness (QED) is 0.547. The Bertz CT molecular complexity index is 986. The molecule has 0 spiro atoms. The van der Waals surface area contributed by atoms with Gasteiger partial charge in [-0.15, -0.1) is 0 Å². The Labute approximate surface area is 217 Å². The van der Waals surface area contributed by atoms with Crippen molar-refractivity contribution in [3.05, 3.63) is 59.7 Å². The molecule has 2 fully saturated rings. The van der Waals surface area contributed by atoms with Crippen LogP contribution in [0, 0.1) is 0 Å². The molecule has 2 saturated heterocycles. The largest absolute Gasteiger partial charge is 0.494 e. The standard InChI is InChI=1S/C29H40B2O5/c1-19(21-11-15-23(16-12-21)30-33-26(3,4)27(5,6)34-30)25(32)20(2)22-13-17-24(18-14-22)31-35-28(7,8)29(9,10)36-31/h11-20H,1-10H3. The van der Waals surface area contributed by atoms with Crippen molar-refractivity contribution in [2.24, 2.45) is 0 Å². The normalized spacial score (nSPS) is 23.5. The van der Waals surface area contributed by atoms with Gasteiger partial charge < -0.3 is 18.6 Å². The van der Waals surface area contributed by atoms with E-state index in [2.05, 4.69) is 0 Å². The second-order valence-corrected chi connectivity index (χ2v) is 12.4. The molecule has 7 heteroatoms. The fourth-order valence-corrected chi connectivity index (χ4v) is 4.55. The van der Waals surface area contributed by atoms with Crippen LogP contribution in [-0.4, -0.2) is 42.4 Å². The van der Waals surface area contributed by atoms with Crippen LogP contribution in [0.4, 0.5) is 0 Å². The van der Waals surface area contributed by atoms with Crippen LogP contribution in [0.3, 0.4) is 0 Å². The maximum atomic E-state index is 13.4. The fourth-order valence-electron chi connectivity index (χ4n) is 4.55. The van der Waals surface area contributed by atoms with E-state index in [0.717, 1.165) is 22.1 Å². The summed E-state index contributed by atoms with van der Waals surface area (Å²) in [7, 11) is -0.812. The summed E-state index contributed by atoms with van der Waals surface area (Å²) in [6.07, 6.45) is 0. The Hall–Kier alpha value is -1.92. The molecule has 2 unspecified atom stereocenters. The zero-order valence-corrected chi connectivity index (χ0v) is 23.5. The molecular weight excluding hydrogens is 450 g/mol. The minimum Gasteiger partial charge on any atom is -0.399 e. The molecule has 2 atom stereocenters. The SMILES string of the molecule is CC(C(=O)C(C)c1ccc(B2OC(C)(C)C(C)(C)O2)cc1)c1ccc(B2OC(C)(C)C(C)(C)O2)cc1. The molecule has 2 aromatic carbocycles. The Morgan fingerprint density at radius 2 is 0.806 bits per heavy atom. The first kappa shape index (κ1) is 27.1. The van der Waals surface area contributed by atoms with Crippen LogP contribution in [0.5, 0.6) is 0 Å². The number of rotatable bonds is 6. The fraction of sp³-hybridized carbons (Fsp3) is 0.552. The zero-order chi connectivity index (χ0) is 26.7. The molecule has 5 nitrogen and oxygen atoms in total. The number of hydrogen-bond donors (Lipinski definition) is 0. The summed E-state index contributed by atoms with van der Waals surface area (Å²) in [6.45, 7) is 20.3. The van der Waals surface area contributed by atoms with Gasteiger partial charge >= 0.3 is 14.2 Å². The molecule has 2 aliphatic heterocycles. The molecule has 0 bridgehead atoms. The summed E-state index contributed by atoms with van der Waals surface area (Å²) in [6, 6.07) is 16.1. The second-order valence-electron chi connectivity index (χ2n) is 12.4. The minimum atomic E-state index is -0.406. The third-order valence-electron chi connectivity index (χ3n) is 8.78. The van der Waals surface area contributed by atoms with Gasteiger partial charge in [0.25, 0.3) is 0 Å². The third kappa shape index (κ3) is 4.83. The monoisotopic (exact) mass is 490 g/mol. The van der Waals surface area contributed by atoms with E-state index in [1.54, 1.807) is 0 Å². The molecule has 2 aromatic rings. The molecule has 0 radical (unpaired) electrons. The number of ketones is 1. The van der Waals surface area contributed by atoms with Crippen molar-refractivity contribution in [3.63, 3.8) is 0 Å². The highest BCUT2D eigenvalue weighted by Gasteiger charge is 2.52. The summed E-state index contributed by atoms with van der Waals surface area (Å²) in [5.74, 6) is -0.271. The molecule has 0 amide bonds. The van der Waals surface area contributed by atoms with Gasteiger partial charge in [-0.2, -0.15) is 0 Å². The van der Waals surface area contributed by atoms with Gasteiger partial charge in [0.05, 0.1) is 22.4 Å². The van der Waals surface area contributed by atoms with Crippen LogP contribution in [0.15, 0.2) is 48.5 Å². The number of carbonyl (C=O) groups is 1. The number of Topliss-reactive ketones (excluding diaryl/α,β-unsaturated/α-hetero) is 1. The lowest BCUT2D eigenvalue weighted by atomic mass is 9.76. The predicted molar refractivity (Wildman–Crippen MR) is 146 cm³/mol. The van der Waals surface area contributed by atoms with Crippen LogP contribution in [0.1, 0.15) is 92.2 Å². The average Bonchev–Trinajstić information content (AvgIpc) is 3.17. The first-order valence-electron chi connectivity index (χ1n) is 13.0. The van der Waals surface area contributed by atoms with Crippen molar-refractivity contribution >= 4 is 30.9 Å². The lowest BCUT2D eigenvalue weighted by Crippen LogP contribution is -2.41. The van der Waals surface area contributed by atoms with Crippen molar-refractivity contribution in [3.8, 4) is 0 Å². The Morgan fingerprint density at radius 3 is 1.06 bits per heavy atom. The maximum Gasteiger partial charge on any atom is 0.494 e. The zero-order valence-electron chi connectivity index (χ0n) is 23.5. The molecule has 36 heavy (non-hydrogen) atoms. The molecule has 2 aliphatic rings. The van der Waals surface area contributed by atoms with Crippen molar-refractivity contribution < 1.29 is 23.4 Å². The highest BCUT2D eigenvalue weighted by molar-refractivity contribution is 6.62. The Balaban J connectivity index is 1.42. The van der Waals surface area contributed by atoms with E-state index in [-0.39, 0.29) is 40.0 Å². The first-order chi connectivity index (χ1) is 16.5. The van der Waals surface area contributed by atoms with Crippen LogP contribution in [0.2, 0.25) is 0 Å². The van der Waals surface area contributed by atoms with E-state index in [1.165, 1.54) is 0 Å². The van der Waals surface area contributed by atoms with Gasteiger partial charge in [-0.25, -0.2) is 0 Å². The first-order valence-corrected chi connectivity index (χ1v) is 13.0. The van der Waals surface area contributed by atoms with Gasteiger partial charge in [-0.3, -0.25) is 4.79 Å². The summed E-state index contributed by atoms with van der Waals surface area (Å²) in [5.41, 5.74) is 2.37. The van der Waals surface area contributed by atoms with E-state index < -0.39 is 14.2 Å². The van der Waals surface area contributed by atoms with E-state index in [1.807, 2.05) is 118 Å². The van der Waals surface area contributed by atoms with Crippen molar-refractivity contribution in [2.75, 3.05) is 0 Å². The minimum absolute atomic E-state index is 0.182. The lowest BCUT2D eigenvalue weighted by Gasteiger charge is -2.32. The van der Waals surface area contributed by atoms with Crippen LogP contribution in [0.25, 0.3) is 0 Å². The van der Waals surface area contributed by atoms with Crippen molar-refractivity contribution in [2.45, 2.75) is 103 Å². The van der Waals surface area contributed by atoms with Gasteiger partial charge in [-0.05, 0) is 77.4 Å². The highest BCUT2D eigenvalue weighted by atomic mass is 16.7. The summed E-state index contributed by atoms with van der Waals surface area (Å²) in [4.78, 5) is 13.4. The molecule has 0 saturated carbocycles. The lowest BCUT2D eigenvalue weighted by molar-refractivity contribution is -0.121. The second kappa shape index (κ2) is 9.12. The molecule has 0 N–H and O–H groups in total. The van der Waals surface area contributed by atoms with E-state index in [9.17, 15) is 4.79 Å². The van der Waals surface area contributed by atoms with Gasteiger partial charge in [0.15, 0.2) is 0 Å². The van der Waals surface area contributed by atoms with Gasteiger partial charge in [0.2, 0.25) is 0 Å². The van der Waals surface area contributed by atoms with Crippen molar-refractivity contribution in [1.82, 2.24) is 0 Å². The van der Waals surface area contributed by atoms with Crippen molar-refractivity contribution in [1.29, 1.82) is 0 Å². The van der Waals surface area contributed by atoms with E-state index in [0.29, 0.717) is 0 Å². The average molecular weight is 490 g/mol. The molecular formula is C29H40B2O5. The molecule has 192 valence electrons. The number of benzene rings is 2. The number of carbonyl (C=O) groups excluding carboxylic acids is 1. The van der Waals surface area contributed by atoms with Gasteiger partial charge in [0, 0.05) is 11.8 Å². The van der Waals surface area contributed by atoms with Crippen LogP contribution < -0.4 is 10.9 Å². The number of hydrogen-bond acceptors (Lipinski definition) is 5. The van der Waals surface area contributed by atoms with E-state index in [4.69, 9.17) is 18.6 Å². The van der Waals surface area contributed by atoms with Gasteiger partial charge in [-0.1, -0.05) is 62.4 Å². The predicted octanol–water partition coefficient (Wildman–Crippen LogP) is 4.76.